The van der Waals surface area contributed by atoms with Crippen molar-refractivity contribution < 1.29 is 8.83 Å². The first-order valence-corrected chi connectivity index (χ1v) is 12.8. The highest BCUT2D eigenvalue weighted by molar-refractivity contribution is 6.08. The Morgan fingerprint density at radius 3 is 2.11 bits per heavy atom. The van der Waals surface area contributed by atoms with Crippen LogP contribution in [0, 0.1) is 0 Å². The van der Waals surface area contributed by atoms with Crippen LogP contribution >= 0.6 is 0 Å². The Bertz CT molecular complexity index is 1960. The maximum absolute atomic E-state index is 6.18. The number of pyridine rings is 1. The van der Waals surface area contributed by atoms with Crippen molar-refractivity contribution in [3.63, 3.8) is 0 Å². The molecule has 3 aromatic heterocycles. The van der Waals surface area contributed by atoms with Crippen molar-refractivity contribution in [1.29, 1.82) is 0 Å². The monoisotopic (exact) mass is 493 g/mol. The maximum atomic E-state index is 6.18. The standard InChI is InChI=1S/C33H23N3O2/c1-33(2)23-10-4-6-12-27(23)36(28-13-7-5-11-24(28)33)20-15-16-25(34-19-20)32-35-26-18-30-22(17-31(26)38-32)21-9-3-8-14-29(21)37-30/h3-19H,1-2H3. The molecule has 1 aliphatic rings. The minimum absolute atomic E-state index is 0.0975. The molecule has 0 bridgehead atoms. The number of nitrogens with zero attached hydrogens (tertiary/aromatic N) is 3. The zero-order valence-electron chi connectivity index (χ0n) is 21.0. The third-order valence-electron chi connectivity index (χ3n) is 7.75. The molecule has 5 heteroatoms. The molecule has 0 radical (unpaired) electrons. The smallest absolute Gasteiger partial charge is 0.246 e. The highest BCUT2D eigenvalue weighted by Gasteiger charge is 2.36. The van der Waals surface area contributed by atoms with Crippen molar-refractivity contribution in [2.45, 2.75) is 19.3 Å². The Labute approximate surface area is 219 Å². The van der Waals surface area contributed by atoms with Crippen LogP contribution < -0.4 is 4.90 Å². The molecular formula is C33H23N3O2. The summed E-state index contributed by atoms with van der Waals surface area (Å²) in [6, 6.07) is 33.2. The van der Waals surface area contributed by atoms with E-state index in [0.717, 1.165) is 33.1 Å². The molecule has 7 aromatic rings. The fourth-order valence-corrected chi connectivity index (χ4v) is 5.85. The molecule has 8 rings (SSSR count). The average Bonchev–Trinajstić information content (AvgIpc) is 3.53. The normalized spacial score (nSPS) is 14.2. The third kappa shape index (κ3) is 2.93. The van der Waals surface area contributed by atoms with Gasteiger partial charge in [-0.3, -0.25) is 0 Å². The molecule has 0 saturated heterocycles. The minimum Gasteiger partial charge on any atom is -0.456 e. The van der Waals surface area contributed by atoms with E-state index in [9.17, 15) is 0 Å². The molecule has 4 aromatic carbocycles. The van der Waals surface area contributed by atoms with Gasteiger partial charge < -0.3 is 13.7 Å². The van der Waals surface area contributed by atoms with Gasteiger partial charge in [0, 0.05) is 22.3 Å². The zero-order chi connectivity index (χ0) is 25.4. The number of hydrogen-bond donors (Lipinski definition) is 0. The van der Waals surface area contributed by atoms with E-state index in [2.05, 4.69) is 79.4 Å². The van der Waals surface area contributed by atoms with Crippen molar-refractivity contribution in [3.05, 3.63) is 114 Å². The van der Waals surface area contributed by atoms with Crippen molar-refractivity contribution in [2.75, 3.05) is 4.90 Å². The molecule has 0 amide bonds. The topological polar surface area (TPSA) is 55.3 Å². The van der Waals surface area contributed by atoms with Gasteiger partial charge in [0.2, 0.25) is 5.89 Å². The van der Waals surface area contributed by atoms with Gasteiger partial charge in [-0.25, -0.2) is 9.97 Å². The summed E-state index contributed by atoms with van der Waals surface area (Å²) < 4.78 is 12.2. The van der Waals surface area contributed by atoms with Gasteiger partial charge in [-0.15, -0.1) is 0 Å². The lowest BCUT2D eigenvalue weighted by Crippen LogP contribution is -2.30. The number of aromatic nitrogens is 2. The quantitative estimate of drug-likeness (QED) is 0.241. The van der Waals surface area contributed by atoms with E-state index in [-0.39, 0.29) is 5.41 Å². The predicted octanol–water partition coefficient (Wildman–Crippen LogP) is 8.90. The molecule has 0 spiro atoms. The van der Waals surface area contributed by atoms with Gasteiger partial charge in [0.1, 0.15) is 22.4 Å². The van der Waals surface area contributed by atoms with Crippen LogP contribution in [0.5, 0.6) is 0 Å². The summed E-state index contributed by atoms with van der Waals surface area (Å²) >= 11 is 0. The fourth-order valence-electron chi connectivity index (χ4n) is 5.85. The van der Waals surface area contributed by atoms with Crippen LogP contribution in [0.25, 0.3) is 44.6 Å². The summed E-state index contributed by atoms with van der Waals surface area (Å²) in [6.45, 7) is 4.58. The van der Waals surface area contributed by atoms with E-state index < -0.39 is 0 Å². The number of oxazole rings is 1. The Kier molecular flexibility index (Phi) is 4.22. The number of para-hydroxylation sites is 3. The molecule has 0 saturated carbocycles. The number of furan rings is 1. The largest absolute Gasteiger partial charge is 0.456 e. The van der Waals surface area contributed by atoms with Crippen LogP contribution in [-0.4, -0.2) is 9.97 Å². The first-order valence-electron chi connectivity index (χ1n) is 12.8. The molecular weight excluding hydrogens is 470 g/mol. The SMILES string of the molecule is CC1(C)c2ccccc2N(c2ccc(-c3nc4cc5oc6ccccc6c5cc4o3)nc2)c2ccccc21. The van der Waals surface area contributed by atoms with Gasteiger partial charge in [0.25, 0.3) is 0 Å². The maximum Gasteiger partial charge on any atom is 0.246 e. The van der Waals surface area contributed by atoms with Gasteiger partial charge in [0.15, 0.2) is 5.58 Å². The third-order valence-corrected chi connectivity index (χ3v) is 7.75. The Hall–Kier alpha value is -4.90. The zero-order valence-corrected chi connectivity index (χ0v) is 21.0. The summed E-state index contributed by atoms with van der Waals surface area (Å²) in [6.07, 6.45) is 1.90. The number of anilines is 3. The van der Waals surface area contributed by atoms with Crippen molar-refractivity contribution in [2.24, 2.45) is 0 Å². The molecule has 5 nitrogen and oxygen atoms in total. The highest BCUT2D eigenvalue weighted by Crippen LogP contribution is 2.51. The van der Waals surface area contributed by atoms with Crippen molar-refractivity contribution in [3.8, 4) is 11.6 Å². The molecule has 1 aliphatic heterocycles. The number of rotatable bonds is 2. The Balaban J connectivity index is 1.22. The lowest BCUT2D eigenvalue weighted by Gasteiger charge is -2.41. The number of hydrogen-bond acceptors (Lipinski definition) is 5. The van der Waals surface area contributed by atoms with Crippen LogP contribution in [0.4, 0.5) is 17.1 Å². The molecule has 0 fully saturated rings. The number of fused-ring (bicyclic) bond motifs is 6. The predicted molar refractivity (Wildman–Crippen MR) is 151 cm³/mol. The lowest BCUT2D eigenvalue weighted by atomic mass is 9.73. The van der Waals surface area contributed by atoms with E-state index in [1.807, 2.05) is 42.6 Å². The number of benzene rings is 4. The van der Waals surface area contributed by atoms with Crippen LogP contribution in [0.3, 0.4) is 0 Å². The van der Waals surface area contributed by atoms with E-state index in [1.165, 1.54) is 22.5 Å². The molecule has 0 unspecified atom stereocenters. The molecule has 0 aliphatic carbocycles. The summed E-state index contributed by atoms with van der Waals surface area (Å²) in [7, 11) is 0. The van der Waals surface area contributed by atoms with Gasteiger partial charge in [-0.05, 0) is 47.5 Å². The van der Waals surface area contributed by atoms with Gasteiger partial charge in [-0.2, -0.15) is 0 Å². The summed E-state index contributed by atoms with van der Waals surface area (Å²) in [5.74, 6) is 0.490. The minimum atomic E-state index is -0.0975. The van der Waals surface area contributed by atoms with Gasteiger partial charge in [-0.1, -0.05) is 68.4 Å². The van der Waals surface area contributed by atoms with Crippen molar-refractivity contribution in [1.82, 2.24) is 9.97 Å². The average molecular weight is 494 g/mol. The molecule has 0 N–H and O–H groups in total. The highest BCUT2D eigenvalue weighted by atomic mass is 16.4. The molecule has 38 heavy (non-hydrogen) atoms. The molecule has 182 valence electrons. The second-order valence-electron chi connectivity index (χ2n) is 10.3. The first-order chi connectivity index (χ1) is 18.6. The second-order valence-corrected chi connectivity index (χ2v) is 10.3. The van der Waals surface area contributed by atoms with Crippen LogP contribution in [0.2, 0.25) is 0 Å². The molecule has 4 heterocycles. The second kappa shape index (κ2) is 7.56. The van der Waals surface area contributed by atoms with Gasteiger partial charge in [0.05, 0.1) is 23.3 Å². The Morgan fingerprint density at radius 1 is 0.658 bits per heavy atom. The van der Waals surface area contributed by atoms with Crippen LogP contribution in [0.15, 0.2) is 112 Å². The summed E-state index contributed by atoms with van der Waals surface area (Å²) in [5.41, 5.74) is 9.62. The van der Waals surface area contributed by atoms with E-state index >= 15 is 0 Å². The Morgan fingerprint density at radius 2 is 1.37 bits per heavy atom. The first kappa shape index (κ1) is 21.2. The lowest BCUT2D eigenvalue weighted by molar-refractivity contribution is 0.617. The van der Waals surface area contributed by atoms with Crippen LogP contribution in [-0.2, 0) is 5.41 Å². The molecule has 0 atom stereocenters. The van der Waals surface area contributed by atoms with Gasteiger partial charge >= 0.3 is 0 Å². The summed E-state index contributed by atoms with van der Waals surface area (Å²) in [4.78, 5) is 11.8. The van der Waals surface area contributed by atoms with Crippen LogP contribution in [0.1, 0.15) is 25.0 Å². The summed E-state index contributed by atoms with van der Waals surface area (Å²) in [5, 5.41) is 2.08. The van der Waals surface area contributed by atoms with Crippen molar-refractivity contribution >= 4 is 50.1 Å². The van der Waals surface area contributed by atoms with E-state index in [0.29, 0.717) is 17.2 Å². The fraction of sp³-hybridized carbons (Fsp3) is 0.0909. The van der Waals surface area contributed by atoms with E-state index in [4.69, 9.17) is 18.8 Å². The van der Waals surface area contributed by atoms with E-state index in [1.54, 1.807) is 0 Å².